The Morgan fingerprint density at radius 3 is 2.73 bits per heavy atom. The smallest absolute Gasteiger partial charge is 0.273 e. The number of carbonyl (C=O) groups excluding carboxylic acids is 1. The molecule has 1 N–H and O–H groups in total. The molecule has 1 fully saturated rings. The number of oxime groups is 1. The lowest BCUT2D eigenvalue weighted by Gasteiger charge is -2.38. The molecule has 2 aromatic carbocycles. The highest BCUT2D eigenvalue weighted by Crippen LogP contribution is 2.34. The zero-order valence-corrected chi connectivity index (χ0v) is 17.4. The summed E-state index contributed by atoms with van der Waals surface area (Å²) in [5.41, 5.74) is 1.91. The first-order valence-electron chi connectivity index (χ1n) is 10.1. The van der Waals surface area contributed by atoms with Crippen molar-refractivity contribution >= 4 is 17.3 Å². The van der Waals surface area contributed by atoms with Crippen molar-refractivity contribution in [3.05, 3.63) is 54.1 Å². The molecule has 2 aliphatic rings. The first-order chi connectivity index (χ1) is 14.6. The number of anilines is 1. The van der Waals surface area contributed by atoms with Gasteiger partial charge in [0, 0.05) is 25.2 Å². The van der Waals surface area contributed by atoms with E-state index in [1.807, 2.05) is 24.3 Å². The highest BCUT2D eigenvalue weighted by atomic mass is 16.7. The number of amides is 1. The zero-order chi connectivity index (χ0) is 21.0. The van der Waals surface area contributed by atoms with E-state index in [-0.39, 0.29) is 5.91 Å². The van der Waals surface area contributed by atoms with Crippen LogP contribution in [0.15, 0.2) is 53.7 Å². The van der Waals surface area contributed by atoms with Gasteiger partial charge in [-0.1, -0.05) is 17.3 Å². The number of ether oxygens (including phenoxy) is 2. The van der Waals surface area contributed by atoms with Crippen molar-refractivity contribution < 1.29 is 19.1 Å². The minimum absolute atomic E-state index is 0.220. The van der Waals surface area contributed by atoms with Gasteiger partial charge in [-0.2, -0.15) is 0 Å². The van der Waals surface area contributed by atoms with Crippen molar-refractivity contribution in [3.8, 4) is 11.5 Å². The topological polar surface area (TPSA) is 72.4 Å². The maximum absolute atomic E-state index is 12.7. The molecule has 0 aliphatic carbocycles. The number of hydrogen-bond acceptors (Lipinski definition) is 6. The van der Waals surface area contributed by atoms with Gasteiger partial charge in [-0.3, -0.25) is 9.69 Å². The van der Waals surface area contributed by atoms with Gasteiger partial charge in [0.15, 0.2) is 5.60 Å². The van der Waals surface area contributed by atoms with Gasteiger partial charge in [0.1, 0.15) is 17.2 Å². The number of methoxy groups -OCH3 is 2. The molecule has 0 aromatic heterocycles. The first-order valence-corrected chi connectivity index (χ1v) is 10.1. The molecule has 2 heterocycles. The van der Waals surface area contributed by atoms with E-state index in [9.17, 15) is 4.79 Å². The fourth-order valence-corrected chi connectivity index (χ4v) is 4.09. The molecule has 7 nitrogen and oxygen atoms in total. The molecule has 2 aromatic rings. The second-order valence-corrected chi connectivity index (χ2v) is 7.84. The molecule has 1 atom stereocenters. The second kappa shape index (κ2) is 8.75. The van der Waals surface area contributed by atoms with Crippen LogP contribution in [0.3, 0.4) is 0 Å². The molecule has 0 radical (unpaired) electrons. The highest BCUT2D eigenvalue weighted by Gasteiger charge is 2.44. The Morgan fingerprint density at radius 2 is 1.97 bits per heavy atom. The van der Waals surface area contributed by atoms with Crippen LogP contribution in [-0.4, -0.2) is 49.4 Å². The SMILES string of the molecule is COc1ccc(NC(=O)C2=NOC3(CCCN(Cc4cccc(OC)c4)C3)C2)cc1. The molecule has 7 heteroatoms. The van der Waals surface area contributed by atoms with E-state index in [0.29, 0.717) is 17.8 Å². The molecule has 1 spiro atoms. The maximum atomic E-state index is 12.7. The molecule has 2 aliphatic heterocycles. The third kappa shape index (κ3) is 4.57. The van der Waals surface area contributed by atoms with Crippen LogP contribution in [0.2, 0.25) is 0 Å². The molecule has 1 amide bonds. The van der Waals surface area contributed by atoms with Crippen molar-refractivity contribution in [2.24, 2.45) is 5.16 Å². The third-order valence-corrected chi connectivity index (χ3v) is 5.61. The Kier molecular flexibility index (Phi) is 5.90. The molecular formula is C23H27N3O4. The minimum atomic E-state index is -0.427. The number of nitrogens with one attached hydrogen (secondary N) is 1. The van der Waals surface area contributed by atoms with E-state index in [4.69, 9.17) is 14.3 Å². The Hall–Kier alpha value is -3.06. The van der Waals surface area contributed by atoms with E-state index >= 15 is 0 Å². The summed E-state index contributed by atoms with van der Waals surface area (Å²) in [5, 5.41) is 7.03. The lowest BCUT2D eigenvalue weighted by atomic mass is 9.88. The van der Waals surface area contributed by atoms with Crippen molar-refractivity contribution in [3.63, 3.8) is 0 Å². The number of carbonyl (C=O) groups is 1. The Bertz CT molecular complexity index is 928. The average molecular weight is 409 g/mol. The quantitative estimate of drug-likeness (QED) is 0.791. The van der Waals surface area contributed by atoms with Crippen LogP contribution in [0.4, 0.5) is 5.69 Å². The van der Waals surface area contributed by atoms with Gasteiger partial charge >= 0.3 is 0 Å². The Balaban J connectivity index is 1.35. The maximum Gasteiger partial charge on any atom is 0.273 e. The molecule has 1 saturated heterocycles. The molecule has 30 heavy (non-hydrogen) atoms. The van der Waals surface area contributed by atoms with Crippen LogP contribution in [-0.2, 0) is 16.2 Å². The summed E-state index contributed by atoms with van der Waals surface area (Å²) >= 11 is 0. The largest absolute Gasteiger partial charge is 0.497 e. The second-order valence-electron chi connectivity index (χ2n) is 7.84. The highest BCUT2D eigenvalue weighted by molar-refractivity contribution is 6.43. The summed E-state index contributed by atoms with van der Waals surface area (Å²) < 4.78 is 10.5. The van der Waals surface area contributed by atoms with E-state index in [1.165, 1.54) is 5.56 Å². The van der Waals surface area contributed by atoms with Gasteiger partial charge in [-0.15, -0.1) is 0 Å². The minimum Gasteiger partial charge on any atom is -0.497 e. The monoisotopic (exact) mass is 409 g/mol. The van der Waals surface area contributed by atoms with Crippen LogP contribution in [0.1, 0.15) is 24.8 Å². The number of piperidine rings is 1. The molecule has 1 unspecified atom stereocenters. The van der Waals surface area contributed by atoms with Gasteiger partial charge < -0.3 is 19.6 Å². The number of benzene rings is 2. The summed E-state index contributed by atoms with van der Waals surface area (Å²) in [6, 6.07) is 15.3. The summed E-state index contributed by atoms with van der Waals surface area (Å²) in [6.45, 7) is 2.55. The van der Waals surface area contributed by atoms with Crippen LogP contribution in [0.25, 0.3) is 0 Å². The molecule has 0 saturated carbocycles. The number of hydrogen-bond donors (Lipinski definition) is 1. The van der Waals surface area contributed by atoms with E-state index in [0.717, 1.165) is 44.0 Å². The molecule has 0 bridgehead atoms. The van der Waals surface area contributed by atoms with Crippen molar-refractivity contribution in [1.82, 2.24) is 4.90 Å². The first kappa shape index (κ1) is 20.2. The van der Waals surface area contributed by atoms with Gasteiger partial charge in [0.25, 0.3) is 5.91 Å². The normalized spacial score (nSPS) is 21.1. The zero-order valence-electron chi connectivity index (χ0n) is 17.4. The Morgan fingerprint density at radius 1 is 1.17 bits per heavy atom. The lowest BCUT2D eigenvalue weighted by molar-refractivity contribution is -0.110. The number of rotatable bonds is 6. The summed E-state index contributed by atoms with van der Waals surface area (Å²) in [4.78, 5) is 20.9. The lowest BCUT2D eigenvalue weighted by Crippen LogP contribution is -2.48. The van der Waals surface area contributed by atoms with Crippen molar-refractivity contribution in [1.29, 1.82) is 0 Å². The third-order valence-electron chi connectivity index (χ3n) is 5.61. The van der Waals surface area contributed by atoms with E-state index < -0.39 is 5.60 Å². The van der Waals surface area contributed by atoms with Crippen molar-refractivity contribution in [2.45, 2.75) is 31.4 Å². The van der Waals surface area contributed by atoms with Crippen LogP contribution in [0.5, 0.6) is 11.5 Å². The van der Waals surface area contributed by atoms with Crippen LogP contribution >= 0.6 is 0 Å². The van der Waals surface area contributed by atoms with Gasteiger partial charge in [-0.05, 0) is 61.3 Å². The summed E-state index contributed by atoms with van der Waals surface area (Å²) in [7, 11) is 3.29. The van der Waals surface area contributed by atoms with Crippen LogP contribution < -0.4 is 14.8 Å². The number of likely N-dealkylation sites (tertiary alicyclic amines) is 1. The summed E-state index contributed by atoms with van der Waals surface area (Å²) in [6.07, 6.45) is 2.42. The molecular weight excluding hydrogens is 382 g/mol. The predicted molar refractivity (Wildman–Crippen MR) is 115 cm³/mol. The predicted octanol–water partition coefficient (Wildman–Crippen LogP) is 3.45. The average Bonchev–Trinajstić information content (AvgIpc) is 3.17. The molecule has 158 valence electrons. The van der Waals surface area contributed by atoms with Gasteiger partial charge in [-0.25, -0.2) is 0 Å². The van der Waals surface area contributed by atoms with Gasteiger partial charge in [0.05, 0.1) is 14.2 Å². The van der Waals surface area contributed by atoms with E-state index in [2.05, 4.69) is 27.5 Å². The fourth-order valence-electron chi connectivity index (χ4n) is 4.09. The fraction of sp³-hybridized carbons (Fsp3) is 0.391. The number of nitrogens with zero attached hydrogens (tertiary/aromatic N) is 2. The van der Waals surface area contributed by atoms with Crippen molar-refractivity contribution in [2.75, 3.05) is 32.6 Å². The Labute approximate surface area is 176 Å². The van der Waals surface area contributed by atoms with E-state index in [1.54, 1.807) is 26.4 Å². The summed E-state index contributed by atoms with van der Waals surface area (Å²) in [5.74, 6) is 1.38. The van der Waals surface area contributed by atoms with Crippen LogP contribution in [0, 0.1) is 0 Å². The molecule has 4 rings (SSSR count). The van der Waals surface area contributed by atoms with Gasteiger partial charge in [0.2, 0.25) is 0 Å². The standard InChI is InChI=1S/C23H27N3O4/c1-28-19-9-7-18(8-10-19)24-22(27)21-14-23(30-25-21)11-4-12-26(16-23)15-17-5-3-6-20(13-17)29-2/h3,5-10,13H,4,11-12,14-16H2,1-2H3,(H,24,27).